The molecule has 0 unspecified atom stereocenters. The van der Waals surface area contributed by atoms with Crippen LogP contribution in [0.5, 0.6) is 0 Å². The van der Waals surface area contributed by atoms with Crippen molar-refractivity contribution in [1.29, 1.82) is 5.26 Å². The molecule has 2 N–H and O–H groups in total. The Balaban J connectivity index is 2.56. The molecule has 0 spiro atoms. The maximum atomic E-state index is 9.18. The second-order valence-corrected chi connectivity index (χ2v) is 5.17. The van der Waals surface area contributed by atoms with Gasteiger partial charge in [0.25, 0.3) is 0 Å². The summed E-state index contributed by atoms with van der Waals surface area (Å²) >= 11 is 3.10. The van der Waals surface area contributed by atoms with E-state index in [0.717, 1.165) is 15.3 Å². The lowest BCUT2D eigenvalue weighted by Crippen LogP contribution is -1.99. The molecule has 0 fully saturated rings. The largest absolute Gasteiger partial charge is 0.396 e. The van der Waals surface area contributed by atoms with Crippen molar-refractivity contribution < 1.29 is 0 Å². The summed E-state index contributed by atoms with van der Waals surface area (Å²) in [5.41, 5.74) is 8.33. The van der Waals surface area contributed by atoms with Crippen LogP contribution in [0.2, 0.25) is 0 Å². The zero-order valence-corrected chi connectivity index (χ0v) is 10.4. The molecule has 2 heterocycles. The van der Waals surface area contributed by atoms with Gasteiger partial charge in [-0.3, -0.25) is 0 Å². The first-order chi connectivity index (χ1) is 7.74. The van der Waals surface area contributed by atoms with Gasteiger partial charge in [-0.05, 0) is 35.4 Å². The van der Waals surface area contributed by atoms with Crippen LogP contribution in [0.25, 0.3) is 11.3 Å². The molecular formula is C12H10N2S2. The van der Waals surface area contributed by atoms with Gasteiger partial charge in [0.15, 0.2) is 0 Å². The van der Waals surface area contributed by atoms with Gasteiger partial charge in [-0.25, -0.2) is 0 Å². The fraction of sp³-hybridized carbons (Fsp3) is 0.0833. The van der Waals surface area contributed by atoms with Crippen LogP contribution in [0.15, 0.2) is 29.0 Å². The highest BCUT2D eigenvalue weighted by Gasteiger charge is 2.11. The van der Waals surface area contributed by atoms with Gasteiger partial charge in [0.2, 0.25) is 0 Å². The molecule has 4 heteroatoms. The predicted octanol–water partition coefficient (Wildman–Crippen LogP) is 3.47. The molecule has 0 amide bonds. The van der Waals surface area contributed by atoms with Gasteiger partial charge in [0.1, 0.15) is 6.07 Å². The first-order valence-corrected chi connectivity index (χ1v) is 6.48. The van der Waals surface area contributed by atoms with Crippen LogP contribution < -0.4 is 5.73 Å². The molecule has 2 rings (SSSR count). The van der Waals surface area contributed by atoms with Gasteiger partial charge in [-0.15, -0.1) is 22.7 Å². The fourth-order valence-electron chi connectivity index (χ4n) is 1.43. The lowest BCUT2D eigenvalue weighted by molar-refractivity contribution is 1.47. The fourth-order valence-corrected chi connectivity index (χ4v) is 3.06. The molecule has 2 aromatic heterocycles. The summed E-state index contributed by atoms with van der Waals surface area (Å²) in [6.45, 7) is 2.00. The van der Waals surface area contributed by atoms with Crippen molar-refractivity contribution in [2.45, 2.75) is 6.92 Å². The molecule has 2 nitrogen and oxygen atoms in total. The Morgan fingerprint density at radius 3 is 2.62 bits per heavy atom. The molecule has 0 atom stereocenters. The minimum absolute atomic E-state index is 0.570. The number of rotatable bonds is 2. The van der Waals surface area contributed by atoms with E-state index in [9.17, 15) is 5.26 Å². The van der Waals surface area contributed by atoms with E-state index in [1.165, 1.54) is 11.3 Å². The van der Waals surface area contributed by atoms with Crippen molar-refractivity contribution in [3.05, 3.63) is 44.3 Å². The SMILES string of the molecule is Cc1ccsc1/C(N)=C(/C#N)c1cccs1. The summed E-state index contributed by atoms with van der Waals surface area (Å²) in [4.78, 5) is 1.91. The Labute approximate surface area is 102 Å². The minimum Gasteiger partial charge on any atom is -0.396 e. The van der Waals surface area contributed by atoms with E-state index in [-0.39, 0.29) is 0 Å². The molecule has 0 aliphatic carbocycles. The van der Waals surface area contributed by atoms with Crippen molar-refractivity contribution in [2.24, 2.45) is 5.73 Å². The third kappa shape index (κ3) is 1.87. The molecule has 2 aromatic rings. The summed E-state index contributed by atoms with van der Waals surface area (Å²) in [5.74, 6) is 0. The van der Waals surface area contributed by atoms with E-state index in [1.807, 2.05) is 35.9 Å². The van der Waals surface area contributed by atoms with E-state index in [1.54, 1.807) is 11.3 Å². The van der Waals surface area contributed by atoms with E-state index in [4.69, 9.17) is 5.73 Å². The standard InChI is InChI=1S/C12H10N2S2/c1-8-4-6-16-12(8)11(14)9(7-13)10-3-2-5-15-10/h2-6H,14H2,1H3/b11-9+. The molecule has 0 bridgehead atoms. The first-order valence-electron chi connectivity index (χ1n) is 4.72. The average Bonchev–Trinajstić information content (AvgIpc) is 2.90. The van der Waals surface area contributed by atoms with Gasteiger partial charge in [-0.2, -0.15) is 5.26 Å². The third-order valence-electron chi connectivity index (χ3n) is 2.26. The molecule has 0 aliphatic rings. The summed E-state index contributed by atoms with van der Waals surface area (Å²) in [6, 6.07) is 8.04. The Hall–Kier alpha value is -1.57. The number of nitriles is 1. The van der Waals surface area contributed by atoms with Gasteiger partial charge < -0.3 is 5.73 Å². The van der Waals surface area contributed by atoms with Crippen LogP contribution >= 0.6 is 22.7 Å². The number of nitrogens with two attached hydrogens (primary N) is 1. The maximum Gasteiger partial charge on any atom is 0.103 e. The van der Waals surface area contributed by atoms with Crippen LogP contribution in [-0.4, -0.2) is 0 Å². The quantitative estimate of drug-likeness (QED) is 0.825. The Morgan fingerprint density at radius 2 is 2.12 bits per heavy atom. The maximum absolute atomic E-state index is 9.18. The molecule has 0 aromatic carbocycles. The lowest BCUT2D eigenvalue weighted by Gasteiger charge is -2.02. The average molecular weight is 246 g/mol. The van der Waals surface area contributed by atoms with Gasteiger partial charge >= 0.3 is 0 Å². The van der Waals surface area contributed by atoms with Crippen LogP contribution in [0.1, 0.15) is 15.3 Å². The van der Waals surface area contributed by atoms with Gasteiger partial charge in [-0.1, -0.05) is 6.07 Å². The van der Waals surface area contributed by atoms with E-state index in [0.29, 0.717) is 11.3 Å². The van der Waals surface area contributed by atoms with Crippen LogP contribution in [0.3, 0.4) is 0 Å². The van der Waals surface area contributed by atoms with Crippen LogP contribution in [0.4, 0.5) is 0 Å². The summed E-state index contributed by atoms with van der Waals surface area (Å²) < 4.78 is 0. The normalized spacial score (nSPS) is 12.0. The molecule has 0 saturated carbocycles. The molecule has 0 aliphatic heterocycles. The second kappa shape index (κ2) is 4.52. The topological polar surface area (TPSA) is 49.8 Å². The molecule has 0 saturated heterocycles. The molecule has 16 heavy (non-hydrogen) atoms. The van der Waals surface area contributed by atoms with E-state index < -0.39 is 0 Å². The van der Waals surface area contributed by atoms with Gasteiger partial charge in [0, 0.05) is 4.88 Å². The van der Waals surface area contributed by atoms with Crippen molar-refractivity contribution in [3.8, 4) is 6.07 Å². The van der Waals surface area contributed by atoms with Crippen LogP contribution in [0, 0.1) is 18.3 Å². The molecule has 80 valence electrons. The first kappa shape index (κ1) is 10.9. The Kier molecular flexibility index (Phi) is 3.09. The predicted molar refractivity (Wildman–Crippen MR) is 70.0 cm³/mol. The summed E-state index contributed by atoms with van der Waals surface area (Å²) in [7, 11) is 0. The number of aryl methyl sites for hydroxylation is 1. The third-order valence-corrected chi connectivity index (χ3v) is 4.19. The number of nitrogens with zero attached hydrogens (tertiary/aromatic N) is 1. The summed E-state index contributed by atoms with van der Waals surface area (Å²) in [6.07, 6.45) is 0. The van der Waals surface area contributed by atoms with Gasteiger partial charge in [0.05, 0.1) is 16.1 Å². The lowest BCUT2D eigenvalue weighted by atomic mass is 10.1. The van der Waals surface area contributed by atoms with E-state index in [2.05, 4.69) is 6.07 Å². The Bertz CT molecular complexity index is 556. The molecule has 0 radical (unpaired) electrons. The van der Waals surface area contributed by atoms with Crippen molar-refractivity contribution in [1.82, 2.24) is 0 Å². The highest BCUT2D eigenvalue weighted by molar-refractivity contribution is 7.12. The summed E-state index contributed by atoms with van der Waals surface area (Å²) in [5, 5.41) is 13.1. The minimum atomic E-state index is 0.570. The van der Waals surface area contributed by atoms with Crippen molar-refractivity contribution >= 4 is 33.9 Å². The Morgan fingerprint density at radius 1 is 1.31 bits per heavy atom. The van der Waals surface area contributed by atoms with E-state index >= 15 is 0 Å². The number of thiophene rings is 2. The zero-order valence-electron chi connectivity index (χ0n) is 8.73. The van der Waals surface area contributed by atoms with Crippen molar-refractivity contribution in [2.75, 3.05) is 0 Å². The molecular weight excluding hydrogens is 236 g/mol. The monoisotopic (exact) mass is 246 g/mol. The zero-order chi connectivity index (χ0) is 11.5. The van der Waals surface area contributed by atoms with Crippen molar-refractivity contribution in [3.63, 3.8) is 0 Å². The number of allylic oxidation sites excluding steroid dienone is 1. The second-order valence-electron chi connectivity index (χ2n) is 3.31. The number of hydrogen-bond acceptors (Lipinski definition) is 4. The smallest absolute Gasteiger partial charge is 0.103 e. The highest BCUT2D eigenvalue weighted by Crippen LogP contribution is 2.29. The highest BCUT2D eigenvalue weighted by atomic mass is 32.1. The number of hydrogen-bond donors (Lipinski definition) is 1. The van der Waals surface area contributed by atoms with Crippen LogP contribution in [-0.2, 0) is 0 Å².